The Bertz CT molecular complexity index is 432. The molecule has 21 heavy (non-hydrogen) atoms. The largest absolute Gasteiger partial charge is 0.491 e. The van der Waals surface area contributed by atoms with Crippen molar-refractivity contribution in [2.45, 2.75) is 58.6 Å². The van der Waals surface area contributed by atoms with Crippen LogP contribution in [-0.4, -0.2) is 31.1 Å². The highest BCUT2D eigenvalue weighted by molar-refractivity contribution is 5.29. The van der Waals surface area contributed by atoms with Crippen molar-refractivity contribution in [2.75, 3.05) is 13.2 Å². The van der Waals surface area contributed by atoms with E-state index in [9.17, 15) is 0 Å². The van der Waals surface area contributed by atoms with Crippen LogP contribution in [0.5, 0.6) is 5.75 Å². The van der Waals surface area contributed by atoms with Crippen LogP contribution in [0.2, 0.25) is 0 Å². The summed E-state index contributed by atoms with van der Waals surface area (Å²) in [6.07, 6.45) is 0.200. The smallest absolute Gasteiger partial charge is 0.162 e. The van der Waals surface area contributed by atoms with Crippen LogP contribution in [0.25, 0.3) is 0 Å². The van der Waals surface area contributed by atoms with Gasteiger partial charge in [0.05, 0.1) is 25.4 Å². The fraction of sp³-hybridized carbons (Fsp3) is 0.647. The van der Waals surface area contributed by atoms with E-state index in [1.165, 1.54) is 5.56 Å². The van der Waals surface area contributed by atoms with E-state index in [4.69, 9.17) is 14.2 Å². The monoisotopic (exact) mass is 293 g/mol. The molecular weight excluding hydrogens is 266 g/mol. The van der Waals surface area contributed by atoms with Crippen LogP contribution in [0, 0.1) is 0 Å². The molecule has 0 spiro atoms. The van der Waals surface area contributed by atoms with E-state index in [0.29, 0.717) is 13.2 Å². The van der Waals surface area contributed by atoms with Crippen LogP contribution >= 0.6 is 0 Å². The van der Waals surface area contributed by atoms with Gasteiger partial charge in [0.25, 0.3) is 0 Å². The normalized spacial score (nSPS) is 20.5. The Morgan fingerprint density at radius 3 is 2.19 bits per heavy atom. The van der Waals surface area contributed by atoms with Gasteiger partial charge in [0, 0.05) is 6.04 Å². The molecule has 0 aliphatic carbocycles. The van der Waals surface area contributed by atoms with Crippen molar-refractivity contribution in [3.63, 3.8) is 0 Å². The molecule has 1 saturated heterocycles. The first-order valence-corrected chi connectivity index (χ1v) is 7.66. The Labute approximate surface area is 127 Å². The van der Waals surface area contributed by atoms with Gasteiger partial charge in [0.15, 0.2) is 5.79 Å². The summed E-state index contributed by atoms with van der Waals surface area (Å²) in [4.78, 5) is 0. The van der Waals surface area contributed by atoms with Crippen LogP contribution in [0.4, 0.5) is 0 Å². The fourth-order valence-corrected chi connectivity index (χ4v) is 2.35. The van der Waals surface area contributed by atoms with Crippen molar-refractivity contribution < 1.29 is 14.2 Å². The van der Waals surface area contributed by atoms with Crippen LogP contribution < -0.4 is 10.1 Å². The van der Waals surface area contributed by atoms with Gasteiger partial charge in [-0.3, -0.25) is 0 Å². The molecule has 0 bridgehead atoms. The quantitative estimate of drug-likeness (QED) is 0.904. The van der Waals surface area contributed by atoms with E-state index in [-0.39, 0.29) is 18.2 Å². The van der Waals surface area contributed by atoms with Crippen molar-refractivity contribution >= 4 is 0 Å². The summed E-state index contributed by atoms with van der Waals surface area (Å²) < 4.78 is 17.0. The zero-order valence-corrected chi connectivity index (χ0v) is 13.7. The van der Waals surface area contributed by atoms with Crippen LogP contribution in [0.3, 0.4) is 0 Å². The molecule has 1 unspecified atom stereocenters. The molecule has 0 aromatic heterocycles. The molecule has 1 aromatic carbocycles. The molecule has 1 aromatic rings. The van der Waals surface area contributed by atoms with E-state index in [1.807, 2.05) is 39.8 Å². The molecule has 1 aliphatic rings. The second-order valence-electron chi connectivity index (χ2n) is 6.34. The Hall–Kier alpha value is -1.10. The third-order valence-electron chi connectivity index (χ3n) is 3.50. The summed E-state index contributed by atoms with van der Waals surface area (Å²) in [5.41, 5.74) is 1.23. The SMILES string of the molecule is CC(C)Oc1ccc(C(C)NC2COC(C)(C)OC2)cc1. The Morgan fingerprint density at radius 1 is 1.10 bits per heavy atom. The van der Waals surface area contributed by atoms with Crippen molar-refractivity contribution in [3.05, 3.63) is 29.8 Å². The number of benzene rings is 1. The first-order valence-electron chi connectivity index (χ1n) is 7.66. The van der Waals surface area contributed by atoms with E-state index in [0.717, 1.165) is 5.75 Å². The van der Waals surface area contributed by atoms with Gasteiger partial charge in [-0.25, -0.2) is 0 Å². The van der Waals surface area contributed by atoms with Gasteiger partial charge in [-0.2, -0.15) is 0 Å². The molecule has 118 valence electrons. The van der Waals surface area contributed by atoms with Crippen LogP contribution in [-0.2, 0) is 9.47 Å². The Morgan fingerprint density at radius 2 is 1.67 bits per heavy atom. The highest BCUT2D eigenvalue weighted by Gasteiger charge is 2.28. The van der Waals surface area contributed by atoms with E-state index in [2.05, 4.69) is 24.4 Å². The summed E-state index contributed by atoms with van der Waals surface area (Å²) in [5, 5.41) is 3.54. The third kappa shape index (κ3) is 4.99. The maximum absolute atomic E-state index is 5.67. The minimum Gasteiger partial charge on any atom is -0.491 e. The standard InChI is InChI=1S/C17H27NO3/c1-12(2)21-16-8-6-14(7-9-16)13(3)18-15-10-19-17(4,5)20-11-15/h6-9,12-13,15,18H,10-11H2,1-5H3. The lowest BCUT2D eigenvalue weighted by molar-refractivity contribution is -0.253. The lowest BCUT2D eigenvalue weighted by Crippen LogP contribution is -2.49. The maximum Gasteiger partial charge on any atom is 0.162 e. The van der Waals surface area contributed by atoms with Gasteiger partial charge in [-0.05, 0) is 52.3 Å². The average molecular weight is 293 g/mol. The molecular formula is C17H27NO3. The van der Waals surface area contributed by atoms with Crippen molar-refractivity contribution in [1.82, 2.24) is 5.32 Å². The van der Waals surface area contributed by atoms with Crippen molar-refractivity contribution in [3.8, 4) is 5.75 Å². The van der Waals surface area contributed by atoms with Crippen molar-refractivity contribution in [1.29, 1.82) is 0 Å². The first-order chi connectivity index (χ1) is 9.85. The van der Waals surface area contributed by atoms with Crippen LogP contribution in [0.15, 0.2) is 24.3 Å². The summed E-state index contributed by atoms with van der Waals surface area (Å²) in [6.45, 7) is 11.4. The summed E-state index contributed by atoms with van der Waals surface area (Å²) in [7, 11) is 0. The van der Waals surface area contributed by atoms with E-state index in [1.54, 1.807) is 0 Å². The third-order valence-corrected chi connectivity index (χ3v) is 3.50. The molecule has 1 atom stereocenters. The maximum atomic E-state index is 5.67. The van der Waals surface area contributed by atoms with Gasteiger partial charge < -0.3 is 19.5 Å². The predicted molar refractivity (Wildman–Crippen MR) is 83.5 cm³/mol. The van der Waals surface area contributed by atoms with Gasteiger partial charge in [0.1, 0.15) is 5.75 Å². The lowest BCUT2D eigenvalue weighted by Gasteiger charge is -2.36. The van der Waals surface area contributed by atoms with Gasteiger partial charge in [-0.15, -0.1) is 0 Å². The number of hydrogen-bond acceptors (Lipinski definition) is 4. The molecule has 1 aliphatic heterocycles. The molecule has 1 fully saturated rings. The second-order valence-corrected chi connectivity index (χ2v) is 6.34. The molecule has 0 amide bonds. The molecule has 1 heterocycles. The van der Waals surface area contributed by atoms with Crippen LogP contribution in [0.1, 0.15) is 46.2 Å². The van der Waals surface area contributed by atoms with E-state index >= 15 is 0 Å². The zero-order valence-electron chi connectivity index (χ0n) is 13.7. The molecule has 4 heteroatoms. The Kier molecular flexibility index (Phi) is 5.25. The summed E-state index contributed by atoms with van der Waals surface area (Å²) in [5.74, 6) is 0.448. The minimum absolute atomic E-state index is 0.200. The average Bonchev–Trinajstić information content (AvgIpc) is 2.41. The lowest BCUT2D eigenvalue weighted by atomic mass is 10.1. The summed E-state index contributed by atoms with van der Waals surface area (Å²) >= 11 is 0. The Balaban J connectivity index is 1.87. The first kappa shape index (κ1) is 16.3. The molecule has 4 nitrogen and oxygen atoms in total. The minimum atomic E-state index is -0.461. The number of rotatable bonds is 5. The molecule has 2 rings (SSSR count). The number of nitrogens with one attached hydrogen (secondary N) is 1. The second kappa shape index (κ2) is 6.77. The van der Waals surface area contributed by atoms with E-state index < -0.39 is 5.79 Å². The molecule has 1 N–H and O–H groups in total. The van der Waals surface area contributed by atoms with Gasteiger partial charge in [0.2, 0.25) is 0 Å². The fourth-order valence-electron chi connectivity index (χ4n) is 2.35. The molecule has 0 saturated carbocycles. The zero-order chi connectivity index (χ0) is 15.5. The summed E-state index contributed by atoms with van der Waals surface area (Å²) in [6, 6.07) is 8.71. The molecule has 0 radical (unpaired) electrons. The predicted octanol–water partition coefficient (Wildman–Crippen LogP) is 3.28. The van der Waals surface area contributed by atoms with Gasteiger partial charge in [-0.1, -0.05) is 12.1 Å². The van der Waals surface area contributed by atoms with Crippen molar-refractivity contribution in [2.24, 2.45) is 0 Å². The topological polar surface area (TPSA) is 39.7 Å². The number of ether oxygens (including phenoxy) is 3. The van der Waals surface area contributed by atoms with Gasteiger partial charge >= 0.3 is 0 Å². The number of hydrogen-bond donors (Lipinski definition) is 1. The highest BCUT2D eigenvalue weighted by Crippen LogP contribution is 2.21. The highest BCUT2D eigenvalue weighted by atomic mass is 16.7.